The molecule has 64 valence electrons. The van der Waals surface area contributed by atoms with E-state index in [0.717, 1.165) is 36.1 Å². The van der Waals surface area contributed by atoms with Crippen LogP contribution in [-0.4, -0.2) is 6.54 Å². The first-order valence-corrected chi connectivity index (χ1v) is 4.94. The molecule has 0 aromatic heterocycles. The monoisotopic (exact) mass is 153 g/mol. The first-order chi connectivity index (χ1) is 5.24. The van der Waals surface area contributed by atoms with Gasteiger partial charge in [0.05, 0.1) is 0 Å². The summed E-state index contributed by atoms with van der Waals surface area (Å²) in [6.45, 7) is 5.76. The van der Waals surface area contributed by atoms with Crippen LogP contribution in [0.5, 0.6) is 0 Å². The highest BCUT2D eigenvalue weighted by Crippen LogP contribution is 2.54. The van der Waals surface area contributed by atoms with Crippen molar-refractivity contribution in [1.29, 1.82) is 0 Å². The van der Waals surface area contributed by atoms with Crippen molar-refractivity contribution >= 4 is 0 Å². The van der Waals surface area contributed by atoms with Gasteiger partial charge in [0.15, 0.2) is 0 Å². The van der Waals surface area contributed by atoms with Crippen LogP contribution >= 0.6 is 0 Å². The van der Waals surface area contributed by atoms with Crippen LogP contribution in [0.3, 0.4) is 0 Å². The Kier molecular flexibility index (Phi) is 1.71. The lowest BCUT2D eigenvalue weighted by atomic mass is 9.76. The fraction of sp³-hybridized carbons (Fsp3) is 1.00. The molecule has 0 aromatic rings. The third-order valence-corrected chi connectivity index (χ3v) is 4.34. The van der Waals surface area contributed by atoms with Crippen molar-refractivity contribution in [1.82, 2.24) is 0 Å². The molecule has 2 N–H and O–H groups in total. The van der Waals surface area contributed by atoms with Crippen molar-refractivity contribution in [2.24, 2.45) is 35.3 Å². The number of nitrogens with two attached hydrogens (primary N) is 1. The van der Waals surface area contributed by atoms with Gasteiger partial charge in [-0.05, 0) is 49.0 Å². The molecule has 1 heteroatoms. The minimum atomic E-state index is 0.867. The van der Waals surface area contributed by atoms with Crippen molar-refractivity contribution < 1.29 is 0 Å². The topological polar surface area (TPSA) is 26.0 Å². The summed E-state index contributed by atoms with van der Waals surface area (Å²) >= 11 is 0. The Morgan fingerprint density at radius 3 is 2.36 bits per heavy atom. The van der Waals surface area contributed by atoms with Crippen LogP contribution in [0.2, 0.25) is 0 Å². The molecule has 0 saturated heterocycles. The lowest BCUT2D eigenvalue weighted by molar-refractivity contribution is 0.194. The minimum absolute atomic E-state index is 0.867. The average molecular weight is 153 g/mol. The van der Waals surface area contributed by atoms with E-state index in [1.165, 1.54) is 12.8 Å². The van der Waals surface area contributed by atoms with E-state index in [1.807, 2.05) is 0 Å². The zero-order valence-corrected chi connectivity index (χ0v) is 7.59. The van der Waals surface area contributed by atoms with Crippen LogP contribution in [-0.2, 0) is 0 Å². The maximum absolute atomic E-state index is 5.73. The summed E-state index contributed by atoms with van der Waals surface area (Å²) in [7, 11) is 0. The van der Waals surface area contributed by atoms with Crippen molar-refractivity contribution in [3.8, 4) is 0 Å². The first-order valence-electron chi connectivity index (χ1n) is 4.94. The summed E-state index contributed by atoms with van der Waals surface area (Å²) in [4.78, 5) is 0. The van der Waals surface area contributed by atoms with Crippen molar-refractivity contribution in [2.45, 2.75) is 26.7 Å². The second-order valence-electron chi connectivity index (χ2n) is 4.61. The Hall–Kier alpha value is -0.0400. The molecular formula is C10H19N. The molecule has 2 aliphatic carbocycles. The van der Waals surface area contributed by atoms with Crippen LogP contribution in [0, 0.1) is 29.6 Å². The van der Waals surface area contributed by atoms with Gasteiger partial charge in [-0.2, -0.15) is 0 Å². The molecule has 0 spiro atoms. The van der Waals surface area contributed by atoms with E-state index in [9.17, 15) is 0 Å². The molecule has 0 amide bonds. The van der Waals surface area contributed by atoms with Crippen LogP contribution in [0.4, 0.5) is 0 Å². The Morgan fingerprint density at radius 1 is 1.18 bits per heavy atom. The molecule has 2 bridgehead atoms. The Morgan fingerprint density at radius 2 is 1.91 bits per heavy atom. The number of hydrogen-bond donors (Lipinski definition) is 1. The summed E-state index contributed by atoms with van der Waals surface area (Å²) in [5.41, 5.74) is 5.73. The Labute approximate surface area is 69.4 Å². The molecule has 0 radical (unpaired) electrons. The summed E-state index contributed by atoms with van der Waals surface area (Å²) in [5.74, 6) is 4.78. The lowest BCUT2D eigenvalue weighted by Crippen LogP contribution is -2.29. The Balaban J connectivity index is 2.10. The summed E-state index contributed by atoms with van der Waals surface area (Å²) in [5, 5.41) is 0. The Bertz CT molecular complexity index is 149. The summed E-state index contributed by atoms with van der Waals surface area (Å²) in [6.07, 6.45) is 2.90. The van der Waals surface area contributed by atoms with Crippen LogP contribution in [0.25, 0.3) is 0 Å². The molecular weight excluding hydrogens is 134 g/mol. The van der Waals surface area contributed by atoms with Crippen LogP contribution in [0.15, 0.2) is 0 Å². The predicted octanol–water partition coefficient (Wildman–Crippen LogP) is 1.87. The fourth-order valence-electron chi connectivity index (χ4n) is 3.37. The molecule has 5 unspecified atom stereocenters. The second kappa shape index (κ2) is 2.48. The lowest BCUT2D eigenvalue weighted by Gasteiger charge is -2.30. The van der Waals surface area contributed by atoms with E-state index in [2.05, 4.69) is 13.8 Å². The van der Waals surface area contributed by atoms with Gasteiger partial charge in [-0.25, -0.2) is 0 Å². The molecule has 1 nitrogen and oxygen atoms in total. The van der Waals surface area contributed by atoms with Gasteiger partial charge < -0.3 is 5.73 Å². The van der Waals surface area contributed by atoms with Crippen LogP contribution in [0.1, 0.15) is 26.7 Å². The van der Waals surface area contributed by atoms with Gasteiger partial charge in [0.1, 0.15) is 0 Å². The van der Waals surface area contributed by atoms with Gasteiger partial charge in [-0.3, -0.25) is 0 Å². The highest BCUT2D eigenvalue weighted by molar-refractivity contribution is 4.97. The molecule has 0 aliphatic heterocycles. The number of rotatable bonds is 1. The van der Waals surface area contributed by atoms with E-state index in [0.29, 0.717) is 0 Å². The maximum Gasteiger partial charge on any atom is -0.00460 e. The maximum atomic E-state index is 5.73. The normalized spacial score (nSPS) is 55.4. The zero-order valence-electron chi connectivity index (χ0n) is 7.59. The largest absolute Gasteiger partial charge is 0.330 e. The van der Waals surface area contributed by atoms with Crippen molar-refractivity contribution in [2.75, 3.05) is 6.54 Å². The van der Waals surface area contributed by atoms with E-state index >= 15 is 0 Å². The third-order valence-electron chi connectivity index (χ3n) is 4.34. The van der Waals surface area contributed by atoms with E-state index in [4.69, 9.17) is 5.73 Å². The van der Waals surface area contributed by atoms with E-state index in [1.54, 1.807) is 0 Å². The standard InChI is InChI=1S/C10H19N/c1-6-7(2)10-4-8(6)3-9(10)5-11/h6-10H,3-5,11H2,1-2H3. The third kappa shape index (κ3) is 0.936. The van der Waals surface area contributed by atoms with E-state index < -0.39 is 0 Å². The number of fused-ring (bicyclic) bond motifs is 2. The van der Waals surface area contributed by atoms with Gasteiger partial charge in [0.2, 0.25) is 0 Å². The molecule has 2 saturated carbocycles. The van der Waals surface area contributed by atoms with Gasteiger partial charge in [0, 0.05) is 0 Å². The minimum Gasteiger partial charge on any atom is -0.330 e. The predicted molar refractivity (Wildman–Crippen MR) is 47.1 cm³/mol. The fourth-order valence-corrected chi connectivity index (χ4v) is 3.37. The van der Waals surface area contributed by atoms with Gasteiger partial charge in [-0.1, -0.05) is 13.8 Å². The highest BCUT2D eigenvalue weighted by atomic mass is 14.6. The number of hydrogen-bond acceptors (Lipinski definition) is 1. The summed E-state index contributed by atoms with van der Waals surface area (Å²) < 4.78 is 0. The summed E-state index contributed by atoms with van der Waals surface area (Å²) in [6, 6.07) is 0. The average Bonchev–Trinajstić information content (AvgIpc) is 2.53. The smallest absolute Gasteiger partial charge is 0.00460 e. The molecule has 2 rings (SSSR count). The zero-order chi connectivity index (χ0) is 8.01. The first kappa shape index (κ1) is 7.60. The van der Waals surface area contributed by atoms with Crippen LogP contribution < -0.4 is 5.73 Å². The van der Waals surface area contributed by atoms with Gasteiger partial charge >= 0.3 is 0 Å². The molecule has 2 fully saturated rings. The quantitative estimate of drug-likeness (QED) is 0.611. The molecule has 5 atom stereocenters. The van der Waals surface area contributed by atoms with Crippen molar-refractivity contribution in [3.63, 3.8) is 0 Å². The molecule has 2 aliphatic rings. The highest BCUT2D eigenvalue weighted by Gasteiger charge is 2.47. The van der Waals surface area contributed by atoms with Gasteiger partial charge in [-0.15, -0.1) is 0 Å². The van der Waals surface area contributed by atoms with Crippen molar-refractivity contribution in [3.05, 3.63) is 0 Å². The second-order valence-corrected chi connectivity index (χ2v) is 4.61. The van der Waals surface area contributed by atoms with E-state index in [-0.39, 0.29) is 0 Å². The SMILES string of the molecule is CC1C2CC(CN)C(C2)C1C. The molecule has 11 heavy (non-hydrogen) atoms. The molecule has 0 heterocycles. The van der Waals surface area contributed by atoms with Gasteiger partial charge in [0.25, 0.3) is 0 Å². The molecule has 0 aromatic carbocycles.